The van der Waals surface area contributed by atoms with Gasteiger partial charge in [0.2, 0.25) is 23.6 Å². The molecule has 1 aliphatic heterocycles. The maximum Gasteiger partial charge on any atom is 0.265 e. The number of amides is 5. The molecule has 0 aliphatic carbocycles. The van der Waals surface area contributed by atoms with Gasteiger partial charge < -0.3 is 19.7 Å². The highest BCUT2D eigenvalue weighted by atomic mass is 16.5. The van der Waals surface area contributed by atoms with Gasteiger partial charge >= 0.3 is 0 Å². The number of rotatable bonds is 16. The van der Waals surface area contributed by atoms with E-state index in [0.29, 0.717) is 29.5 Å². The maximum absolute atomic E-state index is 12.6. The predicted octanol–water partition coefficient (Wildman–Crippen LogP) is -1.11. The molecule has 212 valence electrons. The molecular formula is C22H39N5O10. The molecule has 15 nitrogen and oxygen atoms in total. The molecule has 1 heterocycles. The third kappa shape index (κ3) is 12.3. The van der Waals surface area contributed by atoms with Gasteiger partial charge in [-0.3, -0.25) is 39.6 Å². The number of hydrogen-bond acceptors (Lipinski definition) is 10. The third-order valence-corrected chi connectivity index (χ3v) is 5.52. The van der Waals surface area contributed by atoms with Crippen LogP contribution in [0, 0.1) is 5.41 Å². The first-order chi connectivity index (χ1) is 17.4. The molecular weight excluding hydrogens is 494 g/mol. The third-order valence-electron chi connectivity index (χ3n) is 5.52. The fourth-order valence-electron chi connectivity index (χ4n) is 3.45. The number of hydrogen-bond donors (Lipinski definition) is 5. The minimum Gasteiger partial charge on any atom is -0.380 e. The van der Waals surface area contributed by atoms with Crippen molar-refractivity contribution in [3.8, 4) is 0 Å². The van der Waals surface area contributed by atoms with Gasteiger partial charge in [-0.1, -0.05) is 13.8 Å². The molecule has 0 radical (unpaired) electrons. The first-order valence-electron chi connectivity index (χ1n) is 12.0. The van der Waals surface area contributed by atoms with E-state index in [1.54, 1.807) is 0 Å². The second kappa shape index (κ2) is 16.1. The van der Waals surface area contributed by atoms with Crippen molar-refractivity contribution in [3.05, 3.63) is 0 Å². The standard InChI is InChI=1S/C22H39N5O10/c1-22(2,14-36-11-7-17(28)24-33)15-37-12-8-19(30)27(35)10-6-18(29)26-9-4-5-16(26)21(32)23-13-20(31)25(3)34/h16,33-35H,4-15H2,1-3H3,(H,23,32)(H,24,28). The fraction of sp³-hybridized carbons (Fsp3) is 0.773. The Labute approximate surface area is 215 Å². The molecule has 1 aliphatic rings. The van der Waals surface area contributed by atoms with Gasteiger partial charge in [0.1, 0.15) is 6.04 Å². The summed E-state index contributed by atoms with van der Waals surface area (Å²) < 4.78 is 10.9. The summed E-state index contributed by atoms with van der Waals surface area (Å²) in [6, 6.07) is -0.764. The Morgan fingerprint density at radius 2 is 1.62 bits per heavy atom. The van der Waals surface area contributed by atoms with Crippen molar-refractivity contribution in [3.63, 3.8) is 0 Å². The normalized spacial score (nSPS) is 15.3. The van der Waals surface area contributed by atoms with Crippen molar-refractivity contribution in [2.75, 3.05) is 53.1 Å². The van der Waals surface area contributed by atoms with E-state index in [-0.39, 0.29) is 52.2 Å². The molecule has 15 heteroatoms. The highest BCUT2D eigenvalue weighted by molar-refractivity contribution is 5.90. The van der Waals surface area contributed by atoms with E-state index in [1.807, 2.05) is 13.8 Å². The number of nitrogens with one attached hydrogen (secondary N) is 2. The summed E-state index contributed by atoms with van der Waals surface area (Å²) in [5.74, 6) is -2.80. The molecule has 1 rings (SSSR count). The van der Waals surface area contributed by atoms with Crippen LogP contribution in [-0.2, 0) is 33.4 Å². The second-order valence-corrected chi connectivity index (χ2v) is 9.45. The van der Waals surface area contributed by atoms with Crippen molar-refractivity contribution in [2.45, 2.75) is 52.0 Å². The van der Waals surface area contributed by atoms with Crippen molar-refractivity contribution >= 4 is 29.5 Å². The van der Waals surface area contributed by atoms with Crippen molar-refractivity contribution in [1.82, 2.24) is 25.8 Å². The Morgan fingerprint density at radius 3 is 2.22 bits per heavy atom. The molecule has 0 aromatic rings. The number of hydroxylamine groups is 5. The molecule has 0 aromatic carbocycles. The van der Waals surface area contributed by atoms with E-state index in [2.05, 4.69) is 5.32 Å². The zero-order valence-corrected chi connectivity index (χ0v) is 21.6. The van der Waals surface area contributed by atoms with Crippen LogP contribution in [0.25, 0.3) is 0 Å². The number of likely N-dealkylation sites (tertiary alicyclic amines) is 1. The topological polar surface area (TPSA) is 198 Å². The van der Waals surface area contributed by atoms with E-state index in [0.717, 1.165) is 7.05 Å². The summed E-state index contributed by atoms with van der Waals surface area (Å²) in [5.41, 5.74) is 1.12. The Hall–Kier alpha value is -2.85. The van der Waals surface area contributed by atoms with Crippen LogP contribution in [0.1, 0.15) is 46.0 Å². The van der Waals surface area contributed by atoms with Gasteiger partial charge in [-0.05, 0) is 12.8 Å². The highest BCUT2D eigenvalue weighted by Gasteiger charge is 2.34. The number of nitrogens with zero attached hydrogens (tertiary/aromatic N) is 3. The highest BCUT2D eigenvalue weighted by Crippen LogP contribution is 2.19. The fourth-order valence-corrected chi connectivity index (χ4v) is 3.45. The lowest BCUT2D eigenvalue weighted by Crippen LogP contribution is -2.48. The average molecular weight is 534 g/mol. The number of carbonyl (C=O) groups excluding carboxylic acids is 5. The molecule has 5 amide bonds. The average Bonchev–Trinajstić information content (AvgIpc) is 3.35. The van der Waals surface area contributed by atoms with Crippen LogP contribution in [-0.4, -0.2) is 119 Å². The molecule has 0 spiro atoms. The molecule has 0 aromatic heterocycles. The molecule has 1 unspecified atom stereocenters. The van der Waals surface area contributed by atoms with E-state index in [1.165, 1.54) is 10.4 Å². The van der Waals surface area contributed by atoms with Gasteiger partial charge in [0.05, 0.1) is 52.4 Å². The van der Waals surface area contributed by atoms with Gasteiger partial charge in [0.25, 0.3) is 5.91 Å². The molecule has 1 atom stereocenters. The lowest BCUT2D eigenvalue weighted by Gasteiger charge is -2.25. The number of ether oxygens (including phenoxy) is 2. The smallest absolute Gasteiger partial charge is 0.265 e. The first-order valence-corrected chi connectivity index (χ1v) is 12.0. The van der Waals surface area contributed by atoms with E-state index in [4.69, 9.17) is 19.9 Å². The molecule has 37 heavy (non-hydrogen) atoms. The lowest BCUT2D eigenvalue weighted by atomic mass is 9.96. The van der Waals surface area contributed by atoms with Crippen molar-refractivity contribution in [1.29, 1.82) is 0 Å². The lowest BCUT2D eigenvalue weighted by molar-refractivity contribution is -0.168. The summed E-state index contributed by atoms with van der Waals surface area (Å²) in [5, 5.41) is 30.7. The Kier molecular flexibility index (Phi) is 14.0. The molecule has 1 saturated heterocycles. The van der Waals surface area contributed by atoms with Crippen LogP contribution >= 0.6 is 0 Å². The Bertz CT molecular complexity index is 792. The Balaban J connectivity index is 2.31. The van der Waals surface area contributed by atoms with E-state index in [9.17, 15) is 29.2 Å². The zero-order chi connectivity index (χ0) is 28.0. The summed E-state index contributed by atoms with van der Waals surface area (Å²) >= 11 is 0. The Morgan fingerprint density at radius 1 is 1.00 bits per heavy atom. The minimum atomic E-state index is -0.764. The van der Waals surface area contributed by atoms with Gasteiger partial charge in [-0.25, -0.2) is 15.6 Å². The van der Waals surface area contributed by atoms with Crippen LogP contribution < -0.4 is 10.8 Å². The van der Waals surface area contributed by atoms with E-state index >= 15 is 0 Å². The summed E-state index contributed by atoms with van der Waals surface area (Å²) in [4.78, 5) is 60.8. The van der Waals surface area contributed by atoms with Gasteiger partial charge in [0.15, 0.2) is 0 Å². The number of carbonyl (C=O) groups is 5. The van der Waals surface area contributed by atoms with Gasteiger partial charge in [-0.15, -0.1) is 0 Å². The monoisotopic (exact) mass is 533 g/mol. The van der Waals surface area contributed by atoms with Crippen LogP contribution in [0.4, 0.5) is 0 Å². The maximum atomic E-state index is 12.6. The molecule has 5 N–H and O–H groups in total. The van der Waals surface area contributed by atoms with Crippen LogP contribution in [0.15, 0.2) is 0 Å². The summed E-state index contributed by atoms with van der Waals surface area (Å²) in [6.07, 6.45) is 0.728. The van der Waals surface area contributed by atoms with Crippen LogP contribution in [0.2, 0.25) is 0 Å². The predicted molar refractivity (Wildman–Crippen MR) is 125 cm³/mol. The second-order valence-electron chi connectivity index (χ2n) is 9.45. The number of likely N-dealkylation sites (N-methyl/N-ethyl adjacent to an activating group) is 1. The molecule has 1 fully saturated rings. The molecule has 0 saturated carbocycles. The van der Waals surface area contributed by atoms with Gasteiger partial charge in [-0.2, -0.15) is 0 Å². The van der Waals surface area contributed by atoms with E-state index < -0.39 is 47.5 Å². The molecule has 0 bridgehead atoms. The largest absolute Gasteiger partial charge is 0.380 e. The van der Waals surface area contributed by atoms with Crippen molar-refractivity contribution < 1.29 is 49.1 Å². The minimum absolute atomic E-state index is 0.0197. The summed E-state index contributed by atoms with van der Waals surface area (Å²) in [6.45, 7) is 4.15. The SMILES string of the molecule is CN(O)C(=O)CNC(=O)C1CCCN1C(=O)CCN(O)C(=O)CCOCC(C)(C)COCCC(=O)NO. The van der Waals surface area contributed by atoms with Crippen LogP contribution in [0.5, 0.6) is 0 Å². The van der Waals surface area contributed by atoms with Crippen molar-refractivity contribution in [2.24, 2.45) is 5.41 Å². The van der Waals surface area contributed by atoms with Gasteiger partial charge in [0, 0.05) is 25.4 Å². The zero-order valence-electron chi connectivity index (χ0n) is 21.6. The quantitative estimate of drug-likeness (QED) is 0.0921. The van der Waals surface area contributed by atoms with Crippen LogP contribution in [0.3, 0.4) is 0 Å². The first kappa shape index (κ1) is 32.2. The summed E-state index contributed by atoms with van der Waals surface area (Å²) in [7, 11) is 1.14.